The number of hydrogen-bond donors (Lipinski definition) is 1. The molecule has 1 heterocycles. The third-order valence-corrected chi connectivity index (χ3v) is 2.02. The summed E-state index contributed by atoms with van der Waals surface area (Å²) < 4.78 is 2.96. The van der Waals surface area contributed by atoms with Gasteiger partial charge in [-0.15, -0.1) is 0 Å². The third-order valence-electron chi connectivity index (χ3n) is 1.62. The van der Waals surface area contributed by atoms with E-state index in [1.165, 1.54) is 0 Å². The quantitative estimate of drug-likeness (QED) is 0.855. The second-order valence-corrected chi connectivity index (χ2v) is 3.75. The summed E-state index contributed by atoms with van der Waals surface area (Å²) in [4.78, 5) is 0. The average Bonchev–Trinajstić information content (AvgIpc) is 2.36. The second-order valence-electron chi connectivity index (χ2n) is 2.84. The van der Waals surface area contributed by atoms with Gasteiger partial charge in [0.1, 0.15) is 0 Å². The summed E-state index contributed by atoms with van der Waals surface area (Å²) in [5, 5.41) is 7.49. The zero-order valence-electron chi connectivity index (χ0n) is 7.42. The van der Waals surface area contributed by atoms with Crippen LogP contribution in [0.1, 0.15) is 13.8 Å². The van der Waals surface area contributed by atoms with Gasteiger partial charge in [0.2, 0.25) is 0 Å². The van der Waals surface area contributed by atoms with Crippen molar-refractivity contribution in [2.45, 2.75) is 26.4 Å². The first-order chi connectivity index (χ1) is 5.72. The lowest BCUT2D eigenvalue weighted by Gasteiger charge is -2.11. The molecular formula is C8H14BrN3. The molecule has 0 aromatic carbocycles. The van der Waals surface area contributed by atoms with Gasteiger partial charge in [-0.05, 0) is 29.4 Å². The number of likely N-dealkylation sites (N-methyl/N-ethyl adjacent to an activating group) is 1. The summed E-state index contributed by atoms with van der Waals surface area (Å²) in [6.07, 6.45) is 3.78. The van der Waals surface area contributed by atoms with Crippen molar-refractivity contribution in [2.24, 2.45) is 0 Å². The summed E-state index contributed by atoms with van der Waals surface area (Å²) in [5.74, 6) is 0. The topological polar surface area (TPSA) is 29.9 Å². The Labute approximate surface area is 81.3 Å². The van der Waals surface area contributed by atoms with Crippen molar-refractivity contribution in [3.05, 3.63) is 16.9 Å². The van der Waals surface area contributed by atoms with Crippen molar-refractivity contribution in [1.29, 1.82) is 0 Å². The first-order valence-electron chi connectivity index (χ1n) is 4.13. The Kier molecular flexibility index (Phi) is 3.75. The van der Waals surface area contributed by atoms with Gasteiger partial charge in [-0.3, -0.25) is 4.68 Å². The van der Waals surface area contributed by atoms with Crippen LogP contribution in [0.4, 0.5) is 0 Å². The van der Waals surface area contributed by atoms with E-state index in [0.29, 0.717) is 6.04 Å². The second kappa shape index (κ2) is 4.62. The Bertz CT molecular complexity index is 234. The van der Waals surface area contributed by atoms with Crippen LogP contribution in [0, 0.1) is 0 Å². The maximum Gasteiger partial charge on any atom is 0.0632 e. The molecule has 0 aliphatic rings. The van der Waals surface area contributed by atoms with Gasteiger partial charge in [0, 0.05) is 12.2 Å². The van der Waals surface area contributed by atoms with E-state index in [4.69, 9.17) is 0 Å². The standard InChI is InChI=1S/C8H14BrN3/c1-3-10-7(2)5-12-6-8(9)4-11-12/h4,6-7,10H,3,5H2,1-2H3. The molecule has 0 fully saturated rings. The highest BCUT2D eigenvalue weighted by Crippen LogP contribution is 2.06. The molecule has 4 heteroatoms. The summed E-state index contributed by atoms with van der Waals surface area (Å²) >= 11 is 3.36. The predicted molar refractivity (Wildman–Crippen MR) is 53.1 cm³/mol. The molecule has 0 radical (unpaired) electrons. The van der Waals surface area contributed by atoms with Crippen LogP contribution in [-0.4, -0.2) is 22.4 Å². The monoisotopic (exact) mass is 231 g/mol. The van der Waals surface area contributed by atoms with Gasteiger partial charge in [-0.2, -0.15) is 5.10 Å². The van der Waals surface area contributed by atoms with Crippen LogP contribution in [0.25, 0.3) is 0 Å². The Morgan fingerprint density at radius 3 is 3.00 bits per heavy atom. The first kappa shape index (κ1) is 9.74. The van der Waals surface area contributed by atoms with E-state index in [1.54, 1.807) is 6.20 Å². The number of nitrogens with zero attached hydrogens (tertiary/aromatic N) is 2. The molecule has 0 spiro atoms. The molecule has 0 aliphatic carbocycles. The molecule has 0 saturated carbocycles. The van der Waals surface area contributed by atoms with Gasteiger partial charge < -0.3 is 5.32 Å². The van der Waals surface area contributed by atoms with Gasteiger partial charge >= 0.3 is 0 Å². The first-order valence-corrected chi connectivity index (χ1v) is 4.93. The summed E-state index contributed by atoms with van der Waals surface area (Å²) in [5.41, 5.74) is 0. The molecule has 68 valence electrons. The fraction of sp³-hybridized carbons (Fsp3) is 0.625. The van der Waals surface area contributed by atoms with E-state index in [9.17, 15) is 0 Å². The molecule has 0 bridgehead atoms. The van der Waals surface area contributed by atoms with Crippen LogP contribution < -0.4 is 5.32 Å². The lowest BCUT2D eigenvalue weighted by Crippen LogP contribution is -2.30. The molecule has 0 amide bonds. The minimum atomic E-state index is 0.474. The fourth-order valence-electron chi connectivity index (χ4n) is 1.13. The van der Waals surface area contributed by atoms with Crippen molar-refractivity contribution in [2.75, 3.05) is 6.54 Å². The van der Waals surface area contributed by atoms with Crippen LogP contribution in [0.3, 0.4) is 0 Å². The maximum absolute atomic E-state index is 4.17. The Morgan fingerprint density at radius 1 is 1.75 bits per heavy atom. The molecule has 1 rings (SSSR count). The van der Waals surface area contributed by atoms with Crippen LogP contribution in [0.2, 0.25) is 0 Å². The summed E-state index contributed by atoms with van der Waals surface area (Å²) in [6.45, 7) is 6.18. The summed E-state index contributed by atoms with van der Waals surface area (Å²) in [7, 11) is 0. The van der Waals surface area contributed by atoms with E-state index >= 15 is 0 Å². The van der Waals surface area contributed by atoms with E-state index in [1.807, 2.05) is 10.9 Å². The van der Waals surface area contributed by atoms with Gasteiger partial charge in [-0.1, -0.05) is 6.92 Å². The molecule has 1 atom stereocenters. The van der Waals surface area contributed by atoms with Crippen molar-refractivity contribution in [3.63, 3.8) is 0 Å². The largest absolute Gasteiger partial charge is 0.313 e. The predicted octanol–water partition coefficient (Wildman–Crippen LogP) is 1.64. The van der Waals surface area contributed by atoms with Crippen LogP contribution in [0.15, 0.2) is 16.9 Å². The molecule has 1 N–H and O–H groups in total. The number of halogens is 1. The molecule has 0 aliphatic heterocycles. The van der Waals surface area contributed by atoms with Crippen molar-refractivity contribution >= 4 is 15.9 Å². The van der Waals surface area contributed by atoms with Gasteiger partial charge in [0.25, 0.3) is 0 Å². The maximum atomic E-state index is 4.17. The highest BCUT2D eigenvalue weighted by atomic mass is 79.9. The molecule has 1 aromatic heterocycles. The van der Waals surface area contributed by atoms with Crippen LogP contribution in [0.5, 0.6) is 0 Å². The zero-order valence-corrected chi connectivity index (χ0v) is 9.00. The smallest absolute Gasteiger partial charge is 0.0632 e. The highest BCUT2D eigenvalue weighted by Gasteiger charge is 2.01. The van der Waals surface area contributed by atoms with Gasteiger partial charge in [0.05, 0.1) is 17.2 Å². The van der Waals surface area contributed by atoms with Crippen LogP contribution >= 0.6 is 15.9 Å². The fourth-order valence-corrected chi connectivity index (χ4v) is 1.46. The normalized spacial score (nSPS) is 13.2. The molecule has 3 nitrogen and oxygen atoms in total. The van der Waals surface area contributed by atoms with E-state index in [2.05, 4.69) is 40.2 Å². The molecule has 1 aromatic rings. The van der Waals surface area contributed by atoms with Crippen molar-refractivity contribution in [1.82, 2.24) is 15.1 Å². The summed E-state index contributed by atoms with van der Waals surface area (Å²) in [6, 6.07) is 0.474. The van der Waals surface area contributed by atoms with Gasteiger partial charge in [-0.25, -0.2) is 0 Å². The van der Waals surface area contributed by atoms with Crippen molar-refractivity contribution in [3.8, 4) is 0 Å². The number of rotatable bonds is 4. The van der Waals surface area contributed by atoms with E-state index in [0.717, 1.165) is 17.6 Å². The third kappa shape index (κ3) is 2.95. The molecule has 1 unspecified atom stereocenters. The van der Waals surface area contributed by atoms with Crippen LogP contribution in [-0.2, 0) is 6.54 Å². The number of aromatic nitrogens is 2. The van der Waals surface area contributed by atoms with E-state index in [-0.39, 0.29) is 0 Å². The SMILES string of the molecule is CCNC(C)Cn1cc(Br)cn1. The lowest BCUT2D eigenvalue weighted by atomic mass is 10.3. The minimum Gasteiger partial charge on any atom is -0.313 e. The van der Waals surface area contributed by atoms with Crippen molar-refractivity contribution < 1.29 is 0 Å². The number of hydrogen-bond acceptors (Lipinski definition) is 2. The Morgan fingerprint density at radius 2 is 2.50 bits per heavy atom. The molecule has 0 saturated heterocycles. The molecule has 12 heavy (non-hydrogen) atoms. The Balaban J connectivity index is 2.41. The minimum absolute atomic E-state index is 0.474. The number of nitrogens with one attached hydrogen (secondary N) is 1. The average molecular weight is 232 g/mol. The molecular weight excluding hydrogens is 218 g/mol. The highest BCUT2D eigenvalue weighted by molar-refractivity contribution is 9.10. The van der Waals surface area contributed by atoms with Gasteiger partial charge in [0.15, 0.2) is 0 Å². The zero-order chi connectivity index (χ0) is 8.97. The van der Waals surface area contributed by atoms with E-state index < -0.39 is 0 Å². The Hall–Kier alpha value is -0.350. The lowest BCUT2D eigenvalue weighted by molar-refractivity contribution is 0.461.